The smallest absolute Gasteiger partial charge is 0.282 e. The number of nitrogens with one attached hydrogen (secondary N) is 1. The van der Waals surface area contributed by atoms with E-state index in [0.29, 0.717) is 29.7 Å². The van der Waals surface area contributed by atoms with E-state index in [9.17, 15) is 18.4 Å². The molecule has 3 aromatic rings. The second-order valence-corrected chi connectivity index (χ2v) is 7.16. The molecule has 0 fully saturated rings. The number of carbonyl (C=O) groups excluding carboxylic acids is 2. The molecule has 4 rings (SSSR count). The maximum Gasteiger partial charge on any atom is 0.282 e. The zero-order valence-corrected chi connectivity index (χ0v) is 17.3. The van der Waals surface area contributed by atoms with Crippen LogP contribution in [0.1, 0.15) is 18.9 Å². The number of halogens is 2. The number of imide groups is 1. The molecule has 0 aromatic heterocycles. The average molecular weight is 434 g/mol. The fourth-order valence-corrected chi connectivity index (χ4v) is 3.43. The van der Waals surface area contributed by atoms with Gasteiger partial charge in [0.1, 0.15) is 23.1 Å². The Bertz CT molecular complexity index is 1210. The lowest BCUT2D eigenvalue weighted by atomic mass is 10.0. The maximum atomic E-state index is 14.5. The van der Waals surface area contributed by atoms with Gasteiger partial charge in [-0.3, -0.25) is 9.59 Å². The molecule has 1 aliphatic rings. The highest BCUT2D eigenvalue weighted by Crippen LogP contribution is 2.35. The van der Waals surface area contributed by atoms with Crippen LogP contribution < -0.4 is 15.0 Å². The van der Waals surface area contributed by atoms with Gasteiger partial charge in [-0.15, -0.1) is 0 Å². The second-order valence-electron chi connectivity index (χ2n) is 7.16. The van der Waals surface area contributed by atoms with Crippen molar-refractivity contribution in [2.24, 2.45) is 0 Å². The van der Waals surface area contributed by atoms with Crippen LogP contribution in [0.15, 0.2) is 78.5 Å². The fraction of sp³-hybridized carbons (Fsp3) is 0.120. The molecule has 32 heavy (non-hydrogen) atoms. The van der Waals surface area contributed by atoms with Crippen LogP contribution >= 0.6 is 0 Å². The maximum absolute atomic E-state index is 14.5. The number of ether oxygens (including phenoxy) is 1. The van der Waals surface area contributed by atoms with Gasteiger partial charge in [0.15, 0.2) is 0 Å². The van der Waals surface area contributed by atoms with Gasteiger partial charge in [-0.05, 0) is 36.2 Å². The van der Waals surface area contributed by atoms with E-state index in [1.165, 1.54) is 0 Å². The first kappa shape index (κ1) is 21.2. The molecule has 3 aromatic carbocycles. The molecule has 1 heterocycles. The van der Waals surface area contributed by atoms with Gasteiger partial charge >= 0.3 is 0 Å². The molecule has 0 bridgehead atoms. The first-order valence-electron chi connectivity index (χ1n) is 10.1. The van der Waals surface area contributed by atoms with E-state index in [4.69, 9.17) is 4.74 Å². The molecule has 0 spiro atoms. The van der Waals surface area contributed by atoms with Gasteiger partial charge in [0.05, 0.1) is 17.9 Å². The third-order valence-corrected chi connectivity index (χ3v) is 4.87. The Hall–Kier alpha value is -4.00. The Morgan fingerprint density at radius 2 is 1.69 bits per heavy atom. The summed E-state index contributed by atoms with van der Waals surface area (Å²) in [5, 5.41) is 3.01. The summed E-state index contributed by atoms with van der Waals surface area (Å²) < 4.78 is 33.5. The van der Waals surface area contributed by atoms with Crippen molar-refractivity contribution in [3.63, 3.8) is 0 Å². The highest BCUT2D eigenvalue weighted by molar-refractivity contribution is 6.46. The van der Waals surface area contributed by atoms with Crippen LogP contribution in [-0.2, 0) is 9.59 Å². The number of hydrogen-bond donors (Lipinski definition) is 1. The molecule has 2 amide bonds. The number of anilines is 2. The Kier molecular flexibility index (Phi) is 5.98. The van der Waals surface area contributed by atoms with Crippen molar-refractivity contribution in [1.82, 2.24) is 0 Å². The molecule has 0 saturated heterocycles. The van der Waals surface area contributed by atoms with Gasteiger partial charge in [-0.1, -0.05) is 43.3 Å². The molecule has 1 N–H and O–H groups in total. The second kappa shape index (κ2) is 9.01. The molecule has 0 aliphatic carbocycles. The van der Waals surface area contributed by atoms with Crippen molar-refractivity contribution in [2.75, 3.05) is 16.8 Å². The summed E-state index contributed by atoms with van der Waals surface area (Å²) in [4.78, 5) is 27.3. The third-order valence-electron chi connectivity index (χ3n) is 4.87. The number of hydrogen-bond acceptors (Lipinski definition) is 4. The molecule has 7 heteroatoms. The Labute approximate surface area is 183 Å². The van der Waals surface area contributed by atoms with Crippen LogP contribution in [-0.4, -0.2) is 18.4 Å². The Morgan fingerprint density at radius 3 is 2.41 bits per heavy atom. The molecular weight excluding hydrogens is 414 g/mol. The lowest BCUT2D eigenvalue weighted by Crippen LogP contribution is -2.33. The van der Waals surface area contributed by atoms with Crippen molar-refractivity contribution >= 4 is 28.8 Å². The zero-order chi connectivity index (χ0) is 22.7. The van der Waals surface area contributed by atoms with Gasteiger partial charge in [-0.2, -0.15) is 0 Å². The summed E-state index contributed by atoms with van der Waals surface area (Å²) in [5.74, 6) is -2.64. The lowest BCUT2D eigenvalue weighted by molar-refractivity contribution is -0.120. The SMILES string of the molecule is CCCOc1cccc(NC2=C(c3ccccc3)C(=O)N(c3ccc(F)cc3F)C2=O)c1. The molecule has 162 valence electrons. The van der Waals surface area contributed by atoms with E-state index >= 15 is 0 Å². The highest BCUT2D eigenvalue weighted by Gasteiger charge is 2.41. The average Bonchev–Trinajstić information content (AvgIpc) is 3.03. The summed E-state index contributed by atoms with van der Waals surface area (Å²) in [7, 11) is 0. The Balaban J connectivity index is 1.77. The van der Waals surface area contributed by atoms with Crippen LogP contribution in [0.2, 0.25) is 0 Å². The van der Waals surface area contributed by atoms with Gasteiger partial charge in [0, 0.05) is 17.8 Å². The van der Waals surface area contributed by atoms with E-state index < -0.39 is 23.4 Å². The fourth-order valence-electron chi connectivity index (χ4n) is 3.43. The van der Waals surface area contributed by atoms with Crippen molar-refractivity contribution < 1.29 is 23.1 Å². The van der Waals surface area contributed by atoms with Crippen LogP contribution in [0.25, 0.3) is 5.57 Å². The van der Waals surface area contributed by atoms with Crippen LogP contribution in [0.4, 0.5) is 20.2 Å². The van der Waals surface area contributed by atoms with Crippen LogP contribution in [0.5, 0.6) is 5.75 Å². The van der Waals surface area contributed by atoms with Crippen LogP contribution in [0.3, 0.4) is 0 Å². The molecule has 0 unspecified atom stereocenters. The van der Waals surface area contributed by atoms with Crippen molar-refractivity contribution in [3.8, 4) is 5.75 Å². The van der Waals surface area contributed by atoms with E-state index in [2.05, 4.69) is 5.32 Å². The molecular formula is C25H20F2N2O3. The predicted octanol–water partition coefficient (Wildman–Crippen LogP) is 5.15. The quantitative estimate of drug-likeness (QED) is 0.523. The third kappa shape index (κ3) is 4.09. The monoisotopic (exact) mass is 434 g/mol. The number of amides is 2. The van der Waals surface area contributed by atoms with E-state index in [1.54, 1.807) is 54.6 Å². The minimum absolute atomic E-state index is 0.00225. The summed E-state index contributed by atoms with van der Waals surface area (Å²) in [6.45, 7) is 2.53. The molecule has 1 aliphatic heterocycles. The summed E-state index contributed by atoms with van der Waals surface area (Å²) in [6.07, 6.45) is 0.839. The van der Waals surface area contributed by atoms with Gasteiger partial charge in [0.25, 0.3) is 11.8 Å². The molecule has 0 saturated carbocycles. The largest absolute Gasteiger partial charge is 0.494 e. The van der Waals surface area contributed by atoms with Crippen molar-refractivity contribution in [3.05, 3.63) is 95.7 Å². The van der Waals surface area contributed by atoms with E-state index in [-0.39, 0.29) is 17.0 Å². The topological polar surface area (TPSA) is 58.6 Å². The molecule has 5 nitrogen and oxygen atoms in total. The Morgan fingerprint density at radius 1 is 0.906 bits per heavy atom. The number of benzene rings is 3. The normalized spacial score (nSPS) is 13.7. The van der Waals surface area contributed by atoms with E-state index in [1.807, 2.05) is 6.92 Å². The van der Waals surface area contributed by atoms with Crippen molar-refractivity contribution in [2.45, 2.75) is 13.3 Å². The number of rotatable bonds is 7. The molecule has 0 atom stereocenters. The van der Waals surface area contributed by atoms with E-state index in [0.717, 1.165) is 23.5 Å². The summed E-state index contributed by atoms with van der Waals surface area (Å²) >= 11 is 0. The van der Waals surface area contributed by atoms with Gasteiger partial charge in [0.2, 0.25) is 0 Å². The summed E-state index contributed by atoms with van der Waals surface area (Å²) in [5.41, 5.74) is 0.810. The zero-order valence-electron chi connectivity index (χ0n) is 17.3. The highest BCUT2D eigenvalue weighted by atomic mass is 19.1. The van der Waals surface area contributed by atoms with Gasteiger partial charge < -0.3 is 10.1 Å². The number of nitrogens with zero attached hydrogens (tertiary/aromatic N) is 1. The first-order chi connectivity index (χ1) is 15.5. The standard InChI is InChI=1S/C25H20F2N2O3/c1-2-13-32-19-10-6-9-18(15-19)28-23-22(16-7-4-3-5-8-16)24(30)29(25(23)31)21-12-11-17(26)14-20(21)27/h3-12,14-15,28H,2,13H2,1H3. The first-order valence-corrected chi connectivity index (χ1v) is 10.1. The number of carbonyl (C=O) groups is 2. The van der Waals surface area contributed by atoms with Gasteiger partial charge in [-0.25, -0.2) is 13.7 Å². The predicted molar refractivity (Wildman–Crippen MR) is 118 cm³/mol. The van der Waals surface area contributed by atoms with Crippen molar-refractivity contribution in [1.29, 1.82) is 0 Å². The minimum atomic E-state index is -1.00. The summed E-state index contributed by atoms with van der Waals surface area (Å²) in [6, 6.07) is 18.3. The molecule has 0 radical (unpaired) electrons. The minimum Gasteiger partial charge on any atom is -0.494 e. The van der Waals surface area contributed by atoms with Crippen LogP contribution in [0, 0.1) is 11.6 Å². The lowest BCUT2D eigenvalue weighted by Gasteiger charge is -2.16.